The average molecular weight is 223 g/mol. The molecule has 0 saturated carbocycles. The summed E-state index contributed by atoms with van der Waals surface area (Å²) in [6.07, 6.45) is 1.55. The van der Waals surface area contributed by atoms with Crippen molar-refractivity contribution in [3.8, 4) is 0 Å². The number of aromatic nitrogens is 1. The number of rotatable bonds is 4. The van der Waals surface area contributed by atoms with Crippen molar-refractivity contribution in [3.05, 3.63) is 23.9 Å². The Bertz CT molecular complexity index is 372. The number of nitrogens with two attached hydrogens (primary N) is 1. The Labute approximate surface area is 95.0 Å². The number of nitrogens with one attached hydrogen (secondary N) is 1. The van der Waals surface area contributed by atoms with E-state index in [-0.39, 0.29) is 11.5 Å². The van der Waals surface area contributed by atoms with Gasteiger partial charge in [0.2, 0.25) is 0 Å². The van der Waals surface area contributed by atoms with Gasteiger partial charge in [-0.2, -0.15) is 0 Å². The Morgan fingerprint density at radius 3 is 2.88 bits per heavy atom. The van der Waals surface area contributed by atoms with E-state index >= 15 is 0 Å². The highest BCUT2D eigenvalue weighted by Crippen LogP contribution is 2.09. The Morgan fingerprint density at radius 2 is 2.31 bits per heavy atom. The topological polar surface area (TPSA) is 77.2 Å². The number of esters is 1. The molecule has 5 heteroatoms. The van der Waals surface area contributed by atoms with Crippen molar-refractivity contribution in [1.29, 1.82) is 0 Å². The first kappa shape index (κ1) is 12.4. The van der Waals surface area contributed by atoms with Gasteiger partial charge in [0.25, 0.3) is 0 Å². The van der Waals surface area contributed by atoms with E-state index in [9.17, 15) is 4.79 Å². The summed E-state index contributed by atoms with van der Waals surface area (Å²) in [5, 5.41) is 3.06. The SMILES string of the molecule is COC(=O)c1ccnc(NCC(C)(C)N)c1. The zero-order chi connectivity index (χ0) is 12.2. The summed E-state index contributed by atoms with van der Waals surface area (Å²) < 4.78 is 4.62. The summed E-state index contributed by atoms with van der Waals surface area (Å²) in [7, 11) is 1.35. The van der Waals surface area contributed by atoms with Gasteiger partial charge >= 0.3 is 5.97 Å². The van der Waals surface area contributed by atoms with Crippen molar-refractivity contribution in [2.75, 3.05) is 19.0 Å². The molecule has 1 heterocycles. The third-order valence-corrected chi connectivity index (χ3v) is 1.91. The molecule has 0 aliphatic carbocycles. The zero-order valence-electron chi connectivity index (χ0n) is 9.78. The number of pyridine rings is 1. The van der Waals surface area contributed by atoms with Gasteiger partial charge in [0.05, 0.1) is 12.7 Å². The molecule has 0 amide bonds. The molecule has 0 aromatic carbocycles. The molecule has 0 saturated heterocycles. The number of hydrogen-bond acceptors (Lipinski definition) is 5. The minimum Gasteiger partial charge on any atom is -0.465 e. The van der Waals surface area contributed by atoms with Crippen LogP contribution in [0.25, 0.3) is 0 Å². The molecule has 1 aromatic rings. The monoisotopic (exact) mass is 223 g/mol. The molecule has 0 radical (unpaired) electrons. The molecule has 1 aromatic heterocycles. The van der Waals surface area contributed by atoms with E-state index < -0.39 is 0 Å². The first-order valence-electron chi connectivity index (χ1n) is 4.99. The standard InChI is InChI=1S/C11H17N3O2/c1-11(2,12)7-14-9-6-8(4-5-13-9)10(15)16-3/h4-6H,7,12H2,1-3H3,(H,13,14). The lowest BCUT2D eigenvalue weighted by Gasteiger charge is -2.19. The van der Waals surface area contributed by atoms with Crippen LogP contribution in [0.2, 0.25) is 0 Å². The van der Waals surface area contributed by atoms with Crippen molar-refractivity contribution < 1.29 is 9.53 Å². The fourth-order valence-electron chi connectivity index (χ4n) is 1.09. The maximum absolute atomic E-state index is 11.3. The number of methoxy groups -OCH3 is 1. The van der Waals surface area contributed by atoms with E-state index in [0.29, 0.717) is 17.9 Å². The molecule has 3 N–H and O–H groups in total. The minimum absolute atomic E-state index is 0.330. The largest absolute Gasteiger partial charge is 0.465 e. The van der Waals surface area contributed by atoms with Crippen molar-refractivity contribution >= 4 is 11.8 Å². The number of hydrogen-bond donors (Lipinski definition) is 2. The van der Waals surface area contributed by atoms with Gasteiger partial charge in [-0.3, -0.25) is 0 Å². The normalized spacial score (nSPS) is 11.0. The highest BCUT2D eigenvalue weighted by molar-refractivity contribution is 5.89. The Balaban J connectivity index is 2.71. The van der Waals surface area contributed by atoms with Crippen molar-refractivity contribution in [1.82, 2.24) is 4.98 Å². The van der Waals surface area contributed by atoms with Crippen LogP contribution in [0.3, 0.4) is 0 Å². The maximum Gasteiger partial charge on any atom is 0.338 e. The van der Waals surface area contributed by atoms with Crippen LogP contribution < -0.4 is 11.1 Å². The fourth-order valence-corrected chi connectivity index (χ4v) is 1.09. The maximum atomic E-state index is 11.3. The second-order valence-electron chi connectivity index (χ2n) is 4.26. The van der Waals surface area contributed by atoms with Crippen LogP contribution in [0.4, 0.5) is 5.82 Å². The third kappa shape index (κ3) is 3.86. The molecule has 0 atom stereocenters. The lowest BCUT2D eigenvalue weighted by molar-refractivity contribution is 0.0600. The summed E-state index contributed by atoms with van der Waals surface area (Å²) in [5.41, 5.74) is 5.96. The number of anilines is 1. The Morgan fingerprint density at radius 1 is 1.62 bits per heavy atom. The first-order valence-corrected chi connectivity index (χ1v) is 4.99. The van der Waals surface area contributed by atoms with Crippen LogP contribution in [0, 0.1) is 0 Å². The third-order valence-electron chi connectivity index (χ3n) is 1.91. The van der Waals surface area contributed by atoms with Crippen LogP contribution in [0.1, 0.15) is 24.2 Å². The molecule has 0 unspecified atom stereocenters. The molecular weight excluding hydrogens is 206 g/mol. The van der Waals surface area contributed by atoms with E-state index in [4.69, 9.17) is 5.73 Å². The lowest BCUT2D eigenvalue weighted by atomic mass is 10.1. The van der Waals surface area contributed by atoms with Crippen LogP contribution in [0.5, 0.6) is 0 Å². The van der Waals surface area contributed by atoms with Gasteiger partial charge in [0.1, 0.15) is 5.82 Å². The molecule has 5 nitrogen and oxygen atoms in total. The smallest absolute Gasteiger partial charge is 0.338 e. The lowest BCUT2D eigenvalue weighted by Crippen LogP contribution is -2.39. The molecule has 0 spiro atoms. The van der Waals surface area contributed by atoms with Gasteiger partial charge in [-0.05, 0) is 26.0 Å². The Hall–Kier alpha value is -1.62. The molecule has 88 valence electrons. The van der Waals surface area contributed by atoms with Gasteiger partial charge in [-0.1, -0.05) is 0 Å². The van der Waals surface area contributed by atoms with Crippen LogP contribution in [0.15, 0.2) is 18.3 Å². The summed E-state index contributed by atoms with van der Waals surface area (Å²) in [6.45, 7) is 4.39. The summed E-state index contributed by atoms with van der Waals surface area (Å²) in [6, 6.07) is 3.24. The molecule has 1 rings (SSSR count). The number of nitrogens with zero attached hydrogens (tertiary/aromatic N) is 1. The summed E-state index contributed by atoms with van der Waals surface area (Å²) in [4.78, 5) is 15.3. The fraction of sp³-hybridized carbons (Fsp3) is 0.455. The van der Waals surface area contributed by atoms with Gasteiger partial charge in [-0.15, -0.1) is 0 Å². The van der Waals surface area contributed by atoms with Gasteiger partial charge < -0.3 is 15.8 Å². The second kappa shape index (κ2) is 4.94. The molecule has 0 aliphatic heterocycles. The number of ether oxygens (including phenoxy) is 1. The molecule has 0 fully saturated rings. The van der Waals surface area contributed by atoms with Crippen molar-refractivity contribution in [3.63, 3.8) is 0 Å². The highest BCUT2D eigenvalue weighted by Gasteiger charge is 2.11. The van der Waals surface area contributed by atoms with Gasteiger partial charge in [0, 0.05) is 18.3 Å². The zero-order valence-corrected chi connectivity index (χ0v) is 9.78. The predicted molar refractivity (Wildman–Crippen MR) is 62.3 cm³/mol. The molecular formula is C11H17N3O2. The van der Waals surface area contributed by atoms with Crippen LogP contribution >= 0.6 is 0 Å². The predicted octanol–water partition coefficient (Wildman–Crippen LogP) is 1.02. The summed E-state index contributed by atoms with van der Waals surface area (Å²) in [5.74, 6) is 0.235. The number of carbonyl (C=O) groups excluding carboxylic acids is 1. The van der Waals surface area contributed by atoms with Gasteiger partial charge in [-0.25, -0.2) is 9.78 Å². The van der Waals surface area contributed by atoms with Gasteiger partial charge in [0.15, 0.2) is 0 Å². The average Bonchev–Trinajstić information content (AvgIpc) is 2.25. The van der Waals surface area contributed by atoms with Crippen molar-refractivity contribution in [2.45, 2.75) is 19.4 Å². The van der Waals surface area contributed by atoms with E-state index in [1.54, 1.807) is 18.3 Å². The van der Waals surface area contributed by atoms with E-state index in [1.165, 1.54) is 7.11 Å². The first-order chi connectivity index (χ1) is 7.42. The summed E-state index contributed by atoms with van der Waals surface area (Å²) >= 11 is 0. The molecule has 0 aliphatic rings. The van der Waals surface area contributed by atoms with Crippen LogP contribution in [-0.4, -0.2) is 30.1 Å². The Kier molecular flexibility index (Phi) is 3.84. The quantitative estimate of drug-likeness (QED) is 0.745. The second-order valence-corrected chi connectivity index (χ2v) is 4.26. The van der Waals surface area contributed by atoms with Crippen molar-refractivity contribution in [2.24, 2.45) is 5.73 Å². The highest BCUT2D eigenvalue weighted by atomic mass is 16.5. The number of carbonyl (C=O) groups is 1. The molecule has 0 bridgehead atoms. The minimum atomic E-state index is -0.377. The van der Waals surface area contributed by atoms with Crippen LogP contribution in [-0.2, 0) is 4.74 Å². The van der Waals surface area contributed by atoms with E-state index in [0.717, 1.165) is 0 Å². The van der Waals surface area contributed by atoms with E-state index in [1.807, 2.05) is 13.8 Å². The molecule has 16 heavy (non-hydrogen) atoms. The van der Waals surface area contributed by atoms with E-state index in [2.05, 4.69) is 15.0 Å².